The van der Waals surface area contributed by atoms with Crippen molar-refractivity contribution in [1.82, 2.24) is 31.2 Å². The minimum Gasteiger partial charge on any atom is -0.453 e. The van der Waals surface area contributed by atoms with Crippen molar-refractivity contribution in [2.75, 3.05) is 20.0 Å². The summed E-state index contributed by atoms with van der Waals surface area (Å²) in [6, 6.07) is 30.2. The van der Waals surface area contributed by atoms with Crippen molar-refractivity contribution in [1.29, 1.82) is 0 Å². The van der Waals surface area contributed by atoms with Crippen LogP contribution in [-0.2, 0) is 57.6 Å². The van der Waals surface area contributed by atoms with E-state index in [1.165, 1.54) is 37.7 Å². The maximum Gasteiger partial charge on any atom is 0.407 e. The molecule has 0 aliphatic carbocycles. The lowest BCUT2D eigenvalue weighted by molar-refractivity contribution is -0.384. The molecule has 0 radical (unpaired) electrons. The monoisotopic (exact) mass is 934 g/mol. The largest absolute Gasteiger partial charge is 0.453 e. The summed E-state index contributed by atoms with van der Waals surface area (Å²) >= 11 is 3.08. The summed E-state index contributed by atoms with van der Waals surface area (Å²) in [5, 5.41) is 28.1. The number of hydrogen-bond acceptors (Lipinski definition) is 13. The molecule has 0 spiro atoms. The van der Waals surface area contributed by atoms with E-state index in [9.17, 15) is 29.3 Å². The molecule has 4 amide bonds. The Balaban J connectivity index is 0.000000248. The Bertz CT molecular complexity index is 2490. The first kappa shape index (κ1) is 49.8. The van der Waals surface area contributed by atoms with Crippen molar-refractivity contribution in [3.05, 3.63) is 174 Å². The number of carbonyl (C=O) groups is 4. The first-order valence-electron chi connectivity index (χ1n) is 21.2. The van der Waals surface area contributed by atoms with Gasteiger partial charge >= 0.3 is 12.2 Å². The molecule has 6 rings (SSSR count). The molecule has 6 aromatic rings. The Morgan fingerprint density at radius 3 is 1.32 bits per heavy atom. The van der Waals surface area contributed by atoms with E-state index < -0.39 is 35.2 Å². The van der Waals surface area contributed by atoms with Gasteiger partial charge in [-0.15, -0.1) is 22.7 Å². The van der Waals surface area contributed by atoms with E-state index in [2.05, 4.69) is 31.2 Å². The lowest BCUT2D eigenvalue weighted by atomic mass is 10.0. The molecule has 0 aliphatic rings. The number of benzene rings is 4. The first-order chi connectivity index (χ1) is 31.9. The smallest absolute Gasteiger partial charge is 0.407 e. The Morgan fingerprint density at radius 1 is 0.591 bits per heavy atom. The van der Waals surface area contributed by atoms with Crippen molar-refractivity contribution in [3.63, 3.8) is 0 Å². The highest BCUT2D eigenvalue weighted by Gasteiger charge is 2.28. The number of carbonyl (C=O) groups excluding carboxylic acids is 4. The summed E-state index contributed by atoms with van der Waals surface area (Å²) < 4.78 is 9.44. The van der Waals surface area contributed by atoms with E-state index in [1.807, 2.05) is 110 Å². The zero-order valence-electron chi connectivity index (χ0n) is 37.1. The molecule has 66 heavy (non-hydrogen) atoms. The van der Waals surface area contributed by atoms with Crippen LogP contribution in [0.5, 0.6) is 0 Å². The number of non-ortho nitro benzene ring substituents is 1. The van der Waals surface area contributed by atoms with Crippen LogP contribution in [0.1, 0.15) is 69.6 Å². The van der Waals surface area contributed by atoms with Gasteiger partial charge in [-0.25, -0.2) is 19.6 Å². The van der Waals surface area contributed by atoms with Crippen LogP contribution in [0.25, 0.3) is 0 Å². The van der Waals surface area contributed by atoms with Crippen LogP contribution in [0.15, 0.2) is 120 Å². The minimum atomic E-state index is -0.863. The maximum absolute atomic E-state index is 13.3. The average Bonchev–Trinajstić information content (AvgIpc) is 4.03. The molecule has 16 nitrogen and oxygen atoms in total. The van der Waals surface area contributed by atoms with Gasteiger partial charge in [-0.1, -0.05) is 98.8 Å². The quantitative estimate of drug-likeness (QED) is 0.0301. The maximum atomic E-state index is 13.3. The lowest BCUT2D eigenvalue weighted by Crippen LogP contribution is -2.49. The fourth-order valence-corrected chi connectivity index (χ4v) is 8.30. The van der Waals surface area contributed by atoms with Crippen LogP contribution in [0.2, 0.25) is 0 Å². The van der Waals surface area contributed by atoms with Gasteiger partial charge in [0.1, 0.15) is 12.1 Å². The predicted molar refractivity (Wildman–Crippen MR) is 255 cm³/mol. The van der Waals surface area contributed by atoms with Crippen LogP contribution >= 0.6 is 22.7 Å². The van der Waals surface area contributed by atoms with Gasteiger partial charge < -0.3 is 36.5 Å². The van der Waals surface area contributed by atoms with E-state index >= 15 is 0 Å². The zero-order chi connectivity index (χ0) is 47.4. The fourth-order valence-electron chi connectivity index (χ4n) is 6.70. The zero-order valence-corrected chi connectivity index (χ0v) is 38.7. The summed E-state index contributed by atoms with van der Waals surface area (Å²) in [6.07, 6.45) is 1.79. The van der Waals surface area contributed by atoms with E-state index in [0.717, 1.165) is 50.8 Å². The SMILES string of the molecule is CCc1nc([C@H](Cc2ccc(N)cc2)NC(=O)[C@H](Cc2ccccc2)NC(=O)OC)cs1.CCc1nc([C@H](Cc2ccc([N+](=O)[O-])cc2)NC(=O)[C@H](Cc2ccccc2)NC(=O)OC)cs1. The molecular weight excluding hydrogens is 881 g/mol. The number of nitrogens with two attached hydrogens (primary N) is 1. The molecule has 0 fully saturated rings. The molecule has 0 saturated heterocycles. The van der Waals surface area contributed by atoms with Crippen molar-refractivity contribution in [2.45, 2.75) is 76.5 Å². The number of nitro benzene ring substituents is 1. The van der Waals surface area contributed by atoms with E-state index in [0.29, 0.717) is 30.6 Å². The molecule has 0 saturated carbocycles. The number of aryl methyl sites for hydroxylation is 2. The molecule has 4 aromatic carbocycles. The number of ether oxygens (including phenoxy) is 2. The Morgan fingerprint density at radius 2 is 0.970 bits per heavy atom. The number of anilines is 1. The van der Waals surface area contributed by atoms with E-state index in [-0.39, 0.29) is 30.0 Å². The third-order valence-electron chi connectivity index (χ3n) is 10.3. The van der Waals surface area contributed by atoms with Crippen LogP contribution < -0.4 is 27.0 Å². The van der Waals surface area contributed by atoms with Crippen molar-refractivity contribution in [3.8, 4) is 0 Å². The normalized spacial score (nSPS) is 12.5. The van der Waals surface area contributed by atoms with Gasteiger partial charge in [-0.2, -0.15) is 0 Å². The highest BCUT2D eigenvalue weighted by atomic mass is 32.1. The van der Waals surface area contributed by atoms with Gasteiger partial charge in [0.25, 0.3) is 5.69 Å². The fraction of sp³-hybridized carbons (Fsp3) is 0.292. The van der Waals surface area contributed by atoms with E-state index in [1.54, 1.807) is 23.5 Å². The van der Waals surface area contributed by atoms with E-state index in [4.69, 9.17) is 15.2 Å². The highest BCUT2D eigenvalue weighted by Crippen LogP contribution is 2.25. The van der Waals surface area contributed by atoms with Crippen molar-refractivity contribution < 1.29 is 33.6 Å². The van der Waals surface area contributed by atoms with Crippen LogP contribution in [-0.4, -0.2) is 65.2 Å². The molecule has 4 atom stereocenters. The summed E-state index contributed by atoms with van der Waals surface area (Å²) in [6.45, 7) is 4.05. The van der Waals surface area contributed by atoms with Crippen LogP contribution in [0, 0.1) is 10.1 Å². The number of aromatic nitrogens is 2. The number of nitrogens with one attached hydrogen (secondary N) is 4. The second-order valence-electron chi connectivity index (χ2n) is 15.0. The third-order valence-corrected chi connectivity index (χ3v) is 12.3. The van der Waals surface area contributed by atoms with Crippen LogP contribution in [0.4, 0.5) is 21.0 Å². The van der Waals surface area contributed by atoms with Gasteiger partial charge in [0.05, 0.1) is 52.6 Å². The van der Waals surface area contributed by atoms with Crippen molar-refractivity contribution in [2.24, 2.45) is 0 Å². The highest BCUT2D eigenvalue weighted by molar-refractivity contribution is 7.09. The summed E-state index contributed by atoms with van der Waals surface area (Å²) in [4.78, 5) is 70.2. The number of thiazole rings is 2. The van der Waals surface area contributed by atoms with Gasteiger partial charge in [0, 0.05) is 41.4 Å². The number of hydrogen-bond donors (Lipinski definition) is 5. The van der Waals surface area contributed by atoms with Crippen LogP contribution in [0.3, 0.4) is 0 Å². The Kier molecular flexibility index (Phi) is 19.1. The number of alkyl carbamates (subject to hydrolysis) is 2. The number of nitrogen functional groups attached to an aromatic ring is 1. The van der Waals surface area contributed by atoms with Gasteiger partial charge in [-0.05, 0) is 60.1 Å². The molecule has 0 bridgehead atoms. The molecule has 2 aromatic heterocycles. The molecule has 2 heterocycles. The third kappa shape index (κ3) is 15.5. The second kappa shape index (κ2) is 25.3. The number of rotatable bonds is 19. The van der Waals surface area contributed by atoms with Gasteiger partial charge in [0.15, 0.2) is 0 Å². The van der Waals surface area contributed by atoms with Gasteiger partial charge in [0.2, 0.25) is 11.8 Å². The first-order valence-corrected chi connectivity index (χ1v) is 23.0. The number of amides is 4. The lowest BCUT2D eigenvalue weighted by Gasteiger charge is -2.23. The topological polar surface area (TPSA) is 230 Å². The average molecular weight is 935 g/mol. The molecule has 18 heteroatoms. The number of nitro groups is 1. The van der Waals surface area contributed by atoms with Crippen molar-refractivity contribution >= 4 is 58.0 Å². The molecule has 0 unspecified atom stereocenters. The summed E-state index contributed by atoms with van der Waals surface area (Å²) in [5.74, 6) is -0.682. The Labute approximate surface area is 391 Å². The predicted octanol–water partition coefficient (Wildman–Crippen LogP) is 7.64. The Hall–Kier alpha value is -7.18. The standard InChI is InChI=1S/C24H26N4O5S.C24H28N4O3S/c1-3-22-25-21(15-34-22)19(13-17-9-11-18(12-10-17)28(31)32)26-23(29)20(27-24(30)33-2)14-16-7-5-4-6-8-16;1-3-22-26-21(15-32-22)19(13-17-9-11-18(25)12-10-17)27-23(29)20(28-24(30)31-2)14-16-7-5-4-6-8-16/h4-12,15,19-20H,3,13-14H2,1-2H3,(H,26,29)(H,27,30);4-12,15,19-20H,3,13-14,25H2,1-2H3,(H,27,29)(H,28,30)/t2*19-,20-/m00/s1. The molecule has 0 aliphatic heterocycles. The minimum absolute atomic E-state index is 0.00327. The molecular formula is C48H54N8O8S2. The summed E-state index contributed by atoms with van der Waals surface area (Å²) in [5.41, 5.74) is 11.6. The van der Waals surface area contributed by atoms with Gasteiger partial charge in [-0.3, -0.25) is 19.7 Å². The number of methoxy groups -OCH3 is 2. The number of nitrogens with zero attached hydrogens (tertiary/aromatic N) is 3. The summed E-state index contributed by atoms with van der Waals surface area (Å²) in [7, 11) is 2.52. The molecule has 6 N–H and O–H groups in total. The molecule has 346 valence electrons. The second-order valence-corrected chi connectivity index (χ2v) is 16.9.